The molecule has 0 bridgehead atoms. The highest BCUT2D eigenvalue weighted by atomic mass is 19.1. The lowest BCUT2D eigenvalue weighted by Crippen LogP contribution is -2.36. The van der Waals surface area contributed by atoms with Crippen molar-refractivity contribution in [3.05, 3.63) is 12.2 Å². The first-order valence-electron chi connectivity index (χ1n) is 11.4. The molecule has 0 nitrogen and oxygen atoms in total. The van der Waals surface area contributed by atoms with E-state index in [4.69, 9.17) is 0 Å². The Balaban J connectivity index is 1.41. The molecule has 0 heterocycles. The molecule has 0 N–H and O–H groups in total. The summed E-state index contributed by atoms with van der Waals surface area (Å²) in [6.07, 6.45) is 20.8. The van der Waals surface area contributed by atoms with Gasteiger partial charge in [-0.3, -0.25) is 0 Å². The maximum atomic E-state index is 15.1. The van der Waals surface area contributed by atoms with E-state index < -0.39 is 6.17 Å². The number of hydrogen-bond acceptors (Lipinski definition) is 0. The van der Waals surface area contributed by atoms with Crippen LogP contribution in [0.1, 0.15) is 97.3 Å². The second-order valence-corrected chi connectivity index (χ2v) is 9.70. The van der Waals surface area contributed by atoms with Gasteiger partial charge in [0.15, 0.2) is 0 Å². The largest absolute Gasteiger partial charge is 0.247 e. The molecule has 0 aromatic heterocycles. The SMILES string of the molecule is C/C=C/CCC1CCC(C2CCC(C3CCC(C)CC3)CC2F)CC1. The third kappa shape index (κ3) is 5.33. The second-order valence-electron chi connectivity index (χ2n) is 9.70. The maximum Gasteiger partial charge on any atom is 0.103 e. The van der Waals surface area contributed by atoms with Crippen LogP contribution in [-0.2, 0) is 0 Å². The van der Waals surface area contributed by atoms with Crippen molar-refractivity contribution in [2.75, 3.05) is 0 Å². The van der Waals surface area contributed by atoms with Crippen LogP contribution in [0.2, 0.25) is 0 Å². The van der Waals surface area contributed by atoms with Gasteiger partial charge in [0.25, 0.3) is 0 Å². The molecule has 0 radical (unpaired) electrons. The van der Waals surface area contributed by atoms with E-state index in [-0.39, 0.29) is 0 Å². The molecule has 0 amide bonds. The van der Waals surface area contributed by atoms with Gasteiger partial charge in [0.2, 0.25) is 0 Å². The van der Waals surface area contributed by atoms with Crippen LogP contribution < -0.4 is 0 Å². The molecule has 3 aliphatic carbocycles. The van der Waals surface area contributed by atoms with Crippen molar-refractivity contribution in [3.8, 4) is 0 Å². The Morgan fingerprint density at radius 3 is 2.08 bits per heavy atom. The molecule has 0 aliphatic heterocycles. The average molecular weight is 349 g/mol. The van der Waals surface area contributed by atoms with E-state index in [2.05, 4.69) is 26.0 Å². The smallest absolute Gasteiger partial charge is 0.103 e. The fraction of sp³-hybridized carbons (Fsp3) is 0.917. The molecule has 3 aliphatic rings. The highest BCUT2D eigenvalue weighted by Gasteiger charge is 2.39. The Labute approximate surface area is 156 Å². The zero-order chi connectivity index (χ0) is 17.6. The lowest BCUT2D eigenvalue weighted by molar-refractivity contribution is 0.0336. The van der Waals surface area contributed by atoms with E-state index in [1.54, 1.807) is 0 Å². The predicted octanol–water partition coefficient (Wildman–Crippen LogP) is 7.73. The van der Waals surface area contributed by atoms with Crippen LogP contribution in [0.5, 0.6) is 0 Å². The first kappa shape index (κ1) is 19.4. The Bertz CT molecular complexity index is 398. The zero-order valence-corrected chi connectivity index (χ0v) is 16.8. The Hall–Kier alpha value is -0.330. The topological polar surface area (TPSA) is 0 Å². The van der Waals surface area contributed by atoms with Gasteiger partial charge in [-0.25, -0.2) is 4.39 Å². The molecule has 3 fully saturated rings. The maximum absolute atomic E-state index is 15.1. The van der Waals surface area contributed by atoms with Crippen molar-refractivity contribution in [1.82, 2.24) is 0 Å². The number of halogens is 1. The quantitative estimate of drug-likeness (QED) is 0.446. The molecule has 1 heteroatoms. The van der Waals surface area contributed by atoms with Gasteiger partial charge in [-0.05, 0) is 100 Å². The Morgan fingerprint density at radius 1 is 0.800 bits per heavy atom. The van der Waals surface area contributed by atoms with E-state index in [9.17, 15) is 0 Å². The zero-order valence-electron chi connectivity index (χ0n) is 16.8. The van der Waals surface area contributed by atoms with Crippen LogP contribution in [0.25, 0.3) is 0 Å². The highest BCUT2D eigenvalue weighted by Crippen LogP contribution is 2.47. The molecule has 3 saturated carbocycles. The molecule has 144 valence electrons. The van der Waals surface area contributed by atoms with Crippen molar-refractivity contribution < 1.29 is 4.39 Å². The number of allylic oxidation sites excluding steroid dienone is 2. The normalized spacial score (nSPS) is 43.4. The number of hydrogen-bond donors (Lipinski definition) is 0. The van der Waals surface area contributed by atoms with Crippen molar-refractivity contribution >= 4 is 0 Å². The van der Waals surface area contributed by atoms with E-state index in [1.165, 1.54) is 77.0 Å². The van der Waals surface area contributed by atoms with E-state index in [0.717, 1.165) is 24.2 Å². The highest BCUT2D eigenvalue weighted by molar-refractivity contribution is 4.90. The number of alkyl halides is 1. The first-order valence-corrected chi connectivity index (χ1v) is 11.4. The van der Waals surface area contributed by atoms with Crippen LogP contribution >= 0.6 is 0 Å². The van der Waals surface area contributed by atoms with Crippen molar-refractivity contribution in [2.45, 2.75) is 103 Å². The van der Waals surface area contributed by atoms with Crippen molar-refractivity contribution in [1.29, 1.82) is 0 Å². The molecule has 0 spiro atoms. The molecule has 0 saturated heterocycles. The fourth-order valence-corrected chi connectivity index (χ4v) is 6.29. The molecular formula is C24H41F. The first-order chi connectivity index (χ1) is 12.2. The molecule has 25 heavy (non-hydrogen) atoms. The fourth-order valence-electron chi connectivity index (χ4n) is 6.29. The summed E-state index contributed by atoms with van der Waals surface area (Å²) in [5, 5.41) is 0. The lowest BCUT2D eigenvalue weighted by atomic mass is 9.64. The molecule has 3 atom stereocenters. The molecule has 3 rings (SSSR count). The van der Waals surface area contributed by atoms with Gasteiger partial charge in [0.1, 0.15) is 6.17 Å². The van der Waals surface area contributed by atoms with Gasteiger partial charge in [0, 0.05) is 0 Å². The van der Waals surface area contributed by atoms with Gasteiger partial charge in [-0.1, -0.05) is 44.8 Å². The van der Waals surface area contributed by atoms with Crippen LogP contribution in [-0.4, -0.2) is 6.17 Å². The van der Waals surface area contributed by atoms with E-state index >= 15 is 4.39 Å². The van der Waals surface area contributed by atoms with E-state index in [0.29, 0.717) is 17.8 Å². The molecule has 0 aromatic carbocycles. The van der Waals surface area contributed by atoms with Gasteiger partial charge in [0.05, 0.1) is 0 Å². The van der Waals surface area contributed by atoms with E-state index in [1.807, 2.05) is 0 Å². The summed E-state index contributed by atoms with van der Waals surface area (Å²) < 4.78 is 15.1. The minimum absolute atomic E-state index is 0.398. The third-order valence-corrected chi connectivity index (χ3v) is 8.06. The monoisotopic (exact) mass is 348 g/mol. The minimum Gasteiger partial charge on any atom is -0.247 e. The van der Waals surface area contributed by atoms with Gasteiger partial charge in [-0.15, -0.1) is 0 Å². The van der Waals surface area contributed by atoms with Gasteiger partial charge < -0.3 is 0 Å². The Kier molecular flexibility index (Phi) is 7.43. The summed E-state index contributed by atoms with van der Waals surface area (Å²) >= 11 is 0. The average Bonchev–Trinajstić information content (AvgIpc) is 2.63. The van der Waals surface area contributed by atoms with Crippen LogP contribution in [0, 0.1) is 35.5 Å². The third-order valence-electron chi connectivity index (χ3n) is 8.06. The summed E-state index contributed by atoms with van der Waals surface area (Å²) in [6.45, 7) is 4.50. The Morgan fingerprint density at radius 2 is 1.44 bits per heavy atom. The van der Waals surface area contributed by atoms with Crippen molar-refractivity contribution in [3.63, 3.8) is 0 Å². The minimum atomic E-state index is -0.498. The summed E-state index contributed by atoms with van der Waals surface area (Å²) in [5.41, 5.74) is 0. The standard InChI is InChI=1S/C24H41F/c1-3-4-5-6-19-9-13-21(14-10-19)23-16-15-22(17-24(23)25)20-11-7-18(2)8-12-20/h3-4,18-24H,5-17H2,1-2H3/b4-3+. The second kappa shape index (κ2) is 9.56. The summed E-state index contributed by atoms with van der Waals surface area (Å²) in [7, 11) is 0. The van der Waals surface area contributed by atoms with Crippen LogP contribution in [0.4, 0.5) is 4.39 Å². The predicted molar refractivity (Wildman–Crippen MR) is 106 cm³/mol. The molecular weight excluding hydrogens is 307 g/mol. The lowest BCUT2D eigenvalue weighted by Gasteiger charge is -2.43. The summed E-state index contributed by atoms with van der Waals surface area (Å²) in [4.78, 5) is 0. The summed E-state index contributed by atoms with van der Waals surface area (Å²) in [5.74, 6) is 4.46. The number of rotatable bonds is 5. The molecule has 0 aromatic rings. The van der Waals surface area contributed by atoms with Gasteiger partial charge >= 0.3 is 0 Å². The van der Waals surface area contributed by atoms with Gasteiger partial charge in [-0.2, -0.15) is 0 Å². The van der Waals surface area contributed by atoms with Crippen molar-refractivity contribution in [2.24, 2.45) is 35.5 Å². The molecule has 3 unspecified atom stereocenters. The van der Waals surface area contributed by atoms with Crippen LogP contribution in [0.3, 0.4) is 0 Å². The van der Waals surface area contributed by atoms with Crippen LogP contribution in [0.15, 0.2) is 12.2 Å². The summed E-state index contributed by atoms with van der Waals surface area (Å²) in [6, 6.07) is 0.